The number of rotatable bonds is 3. The number of anilines is 1. The Morgan fingerprint density at radius 1 is 1.15 bits per heavy atom. The van der Waals surface area contributed by atoms with Crippen LogP contribution in [0.25, 0.3) is 11.3 Å². The Balaban J connectivity index is 1.55. The summed E-state index contributed by atoms with van der Waals surface area (Å²) in [6.07, 6.45) is 1.22. The third-order valence-corrected chi connectivity index (χ3v) is 4.34. The van der Waals surface area contributed by atoms with Crippen LogP contribution in [0.1, 0.15) is 33.6 Å². The molecule has 2 aromatic rings. The lowest BCUT2D eigenvalue weighted by molar-refractivity contribution is 0.0497. The van der Waals surface area contributed by atoms with Gasteiger partial charge >= 0.3 is 6.09 Å². The van der Waals surface area contributed by atoms with E-state index in [1.807, 2.05) is 26.8 Å². The van der Waals surface area contributed by atoms with Crippen LogP contribution < -0.4 is 10.2 Å². The van der Waals surface area contributed by atoms with Gasteiger partial charge in [0.1, 0.15) is 11.4 Å². The van der Waals surface area contributed by atoms with Crippen molar-refractivity contribution in [1.82, 2.24) is 15.5 Å². The van der Waals surface area contributed by atoms with Gasteiger partial charge in [-0.15, -0.1) is 10.2 Å². The van der Waals surface area contributed by atoms with Crippen molar-refractivity contribution in [3.05, 3.63) is 42.2 Å². The molecule has 2 heterocycles. The van der Waals surface area contributed by atoms with Crippen molar-refractivity contribution < 1.29 is 13.9 Å². The minimum absolute atomic E-state index is 0.0850. The molecule has 0 spiro atoms. The van der Waals surface area contributed by atoms with Crippen molar-refractivity contribution in [3.8, 4) is 11.3 Å². The number of nitrogens with zero attached hydrogens (tertiary/aromatic N) is 3. The fraction of sp³-hybridized carbons (Fsp3) is 0.450. The van der Waals surface area contributed by atoms with Crippen LogP contribution in [-0.4, -0.2) is 41.0 Å². The third-order valence-electron chi connectivity index (χ3n) is 4.34. The van der Waals surface area contributed by atoms with E-state index < -0.39 is 5.60 Å². The zero-order valence-electron chi connectivity index (χ0n) is 15.9. The van der Waals surface area contributed by atoms with Gasteiger partial charge in [-0.1, -0.05) is 12.1 Å². The third kappa shape index (κ3) is 5.15. The van der Waals surface area contributed by atoms with Gasteiger partial charge in [-0.2, -0.15) is 0 Å². The maximum absolute atomic E-state index is 13.9. The molecule has 1 N–H and O–H groups in total. The summed E-state index contributed by atoms with van der Waals surface area (Å²) in [4.78, 5) is 14.0. The van der Waals surface area contributed by atoms with Crippen molar-refractivity contribution in [2.45, 2.75) is 45.3 Å². The van der Waals surface area contributed by atoms with Crippen LogP contribution >= 0.6 is 0 Å². The van der Waals surface area contributed by atoms with Crippen LogP contribution in [0.3, 0.4) is 0 Å². The molecule has 7 heteroatoms. The Morgan fingerprint density at radius 2 is 1.85 bits per heavy atom. The first-order valence-electron chi connectivity index (χ1n) is 9.15. The Kier molecular flexibility index (Phi) is 5.58. The van der Waals surface area contributed by atoms with Gasteiger partial charge in [0.2, 0.25) is 0 Å². The molecule has 1 aliphatic rings. The molecule has 0 saturated carbocycles. The lowest BCUT2D eigenvalue weighted by Gasteiger charge is -2.33. The molecule has 1 amide bonds. The molecule has 0 unspecified atom stereocenters. The number of halogens is 1. The smallest absolute Gasteiger partial charge is 0.407 e. The first kappa shape index (κ1) is 19.1. The molecule has 0 atom stereocenters. The fourth-order valence-corrected chi connectivity index (χ4v) is 3.03. The number of carbonyl (C=O) groups excluding carboxylic acids is 1. The SMILES string of the molecule is CC(C)(C)OC(=O)NC1CCN(c2ccc(-c3ccccc3F)nn2)CC1. The molecular formula is C20H25FN4O2. The van der Waals surface area contributed by atoms with Gasteiger partial charge in [0.05, 0.1) is 5.69 Å². The van der Waals surface area contributed by atoms with Crippen LogP contribution in [0.15, 0.2) is 36.4 Å². The number of amides is 1. The first-order valence-corrected chi connectivity index (χ1v) is 9.15. The Labute approximate surface area is 158 Å². The Morgan fingerprint density at radius 3 is 2.44 bits per heavy atom. The van der Waals surface area contributed by atoms with Crippen molar-refractivity contribution in [2.24, 2.45) is 0 Å². The second-order valence-electron chi connectivity index (χ2n) is 7.66. The Hall–Kier alpha value is -2.70. The molecule has 1 fully saturated rings. The van der Waals surface area contributed by atoms with Crippen LogP contribution in [0.2, 0.25) is 0 Å². The summed E-state index contributed by atoms with van der Waals surface area (Å²) in [6, 6.07) is 10.2. The number of benzene rings is 1. The molecular weight excluding hydrogens is 347 g/mol. The number of hydrogen-bond donors (Lipinski definition) is 1. The summed E-state index contributed by atoms with van der Waals surface area (Å²) < 4.78 is 19.2. The molecule has 6 nitrogen and oxygen atoms in total. The molecule has 0 aliphatic carbocycles. The number of alkyl carbamates (subject to hydrolysis) is 1. The summed E-state index contributed by atoms with van der Waals surface area (Å²) in [5, 5.41) is 11.3. The highest BCUT2D eigenvalue weighted by Gasteiger charge is 2.24. The van der Waals surface area contributed by atoms with Crippen molar-refractivity contribution in [3.63, 3.8) is 0 Å². The van der Waals surface area contributed by atoms with Gasteiger partial charge in [0.25, 0.3) is 0 Å². The molecule has 3 rings (SSSR count). The predicted molar refractivity (Wildman–Crippen MR) is 102 cm³/mol. The average molecular weight is 372 g/mol. The van der Waals surface area contributed by atoms with E-state index in [0.29, 0.717) is 11.3 Å². The highest BCUT2D eigenvalue weighted by molar-refractivity contribution is 5.68. The van der Waals surface area contributed by atoms with Crippen molar-refractivity contribution >= 4 is 11.9 Å². The normalized spacial score (nSPS) is 15.5. The van der Waals surface area contributed by atoms with E-state index in [1.54, 1.807) is 24.3 Å². The van der Waals surface area contributed by atoms with Gasteiger partial charge in [0, 0.05) is 24.7 Å². The highest BCUT2D eigenvalue weighted by atomic mass is 19.1. The van der Waals surface area contributed by atoms with E-state index in [1.165, 1.54) is 6.07 Å². The van der Waals surface area contributed by atoms with Crippen LogP contribution in [0.5, 0.6) is 0 Å². The molecule has 1 aromatic heterocycles. The lowest BCUT2D eigenvalue weighted by atomic mass is 10.1. The topological polar surface area (TPSA) is 67.3 Å². The number of aromatic nitrogens is 2. The molecule has 1 aromatic carbocycles. The average Bonchev–Trinajstić information content (AvgIpc) is 2.61. The maximum atomic E-state index is 13.9. The number of hydrogen-bond acceptors (Lipinski definition) is 5. The van der Waals surface area contributed by atoms with E-state index in [2.05, 4.69) is 20.4 Å². The van der Waals surface area contributed by atoms with Crippen molar-refractivity contribution in [1.29, 1.82) is 0 Å². The minimum atomic E-state index is -0.500. The number of nitrogens with one attached hydrogen (secondary N) is 1. The van der Waals surface area contributed by atoms with E-state index in [9.17, 15) is 9.18 Å². The van der Waals surface area contributed by atoms with E-state index in [-0.39, 0.29) is 18.0 Å². The summed E-state index contributed by atoms with van der Waals surface area (Å²) in [5.74, 6) is 0.444. The summed E-state index contributed by atoms with van der Waals surface area (Å²) in [5.41, 5.74) is 0.454. The molecule has 0 radical (unpaired) electrons. The minimum Gasteiger partial charge on any atom is -0.444 e. The van der Waals surface area contributed by atoms with Crippen molar-refractivity contribution in [2.75, 3.05) is 18.0 Å². The molecule has 0 bridgehead atoms. The van der Waals surface area contributed by atoms with Crippen LogP contribution in [0.4, 0.5) is 15.0 Å². The second-order valence-corrected chi connectivity index (χ2v) is 7.66. The summed E-state index contributed by atoms with van der Waals surface area (Å²) in [6.45, 7) is 7.05. The van der Waals surface area contributed by atoms with Crippen LogP contribution in [-0.2, 0) is 4.74 Å². The zero-order valence-corrected chi connectivity index (χ0v) is 15.9. The van der Waals surface area contributed by atoms with Gasteiger partial charge in [-0.3, -0.25) is 0 Å². The lowest BCUT2D eigenvalue weighted by Crippen LogP contribution is -2.46. The quantitative estimate of drug-likeness (QED) is 0.888. The van der Waals surface area contributed by atoms with Gasteiger partial charge in [-0.05, 0) is 57.9 Å². The second kappa shape index (κ2) is 7.90. The monoisotopic (exact) mass is 372 g/mol. The highest BCUT2D eigenvalue weighted by Crippen LogP contribution is 2.23. The molecule has 1 aliphatic heterocycles. The molecule has 27 heavy (non-hydrogen) atoms. The number of carbonyl (C=O) groups is 1. The number of ether oxygens (including phenoxy) is 1. The molecule has 1 saturated heterocycles. The van der Waals surface area contributed by atoms with Gasteiger partial charge in [0.15, 0.2) is 5.82 Å². The van der Waals surface area contributed by atoms with E-state index in [4.69, 9.17) is 4.74 Å². The number of piperidine rings is 1. The summed E-state index contributed by atoms with van der Waals surface area (Å²) in [7, 11) is 0. The maximum Gasteiger partial charge on any atom is 0.407 e. The largest absolute Gasteiger partial charge is 0.444 e. The van der Waals surface area contributed by atoms with E-state index in [0.717, 1.165) is 31.7 Å². The molecule has 144 valence electrons. The van der Waals surface area contributed by atoms with E-state index >= 15 is 0 Å². The Bertz CT molecular complexity index is 781. The predicted octanol–water partition coefficient (Wildman–Crippen LogP) is 3.78. The van der Waals surface area contributed by atoms with Crippen LogP contribution in [0, 0.1) is 5.82 Å². The van der Waals surface area contributed by atoms with Gasteiger partial charge in [-0.25, -0.2) is 9.18 Å². The standard InChI is InChI=1S/C20H25FN4O2/c1-20(2,3)27-19(26)22-14-10-12-25(13-11-14)18-9-8-17(23-24-18)15-6-4-5-7-16(15)21/h4-9,14H,10-13H2,1-3H3,(H,22,26). The zero-order chi connectivity index (χ0) is 19.4. The fourth-order valence-electron chi connectivity index (χ4n) is 3.03. The van der Waals surface area contributed by atoms with Gasteiger partial charge < -0.3 is 15.0 Å². The summed E-state index contributed by atoms with van der Waals surface area (Å²) >= 11 is 0. The first-order chi connectivity index (χ1) is 12.8.